The number of rotatable bonds is 5. The number of hydrogen-bond donors (Lipinski definition) is 3. The maximum Gasteiger partial charge on any atom is 0.315 e. The Labute approximate surface area is 148 Å². The molecule has 0 heterocycles. The van der Waals surface area contributed by atoms with Crippen molar-refractivity contribution >= 4 is 40.8 Å². The first-order valence-electron chi connectivity index (χ1n) is 6.95. The van der Waals surface area contributed by atoms with Crippen LogP contribution in [-0.4, -0.2) is 18.5 Å². The Hall–Kier alpha value is -2.31. The zero-order valence-electron chi connectivity index (χ0n) is 12.4. The molecule has 0 atom stereocenters. The molecule has 5 nitrogen and oxygen atoms in total. The van der Waals surface area contributed by atoms with E-state index < -0.39 is 17.8 Å². The summed E-state index contributed by atoms with van der Waals surface area (Å²) in [6, 6.07) is 10.4. The average molecular weight is 370 g/mol. The highest BCUT2D eigenvalue weighted by Gasteiger charge is 2.07. The lowest BCUT2D eigenvalue weighted by Crippen LogP contribution is -2.39. The maximum atomic E-state index is 13.0. The molecule has 0 aliphatic rings. The molecule has 0 saturated carbocycles. The predicted molar refractivity (Wildman–Crippen MR) is 91.7 cm³/mol. The van der Waals surface area contributed by atoms with Crippen molar-refractivity contribution in [1.82, 2.24) is 10.6 Å². The molecule has 0 fully saturated rings. The summed E-state index contributed by atoms with van der Waals surface area (Å²) in [5.74, 6) is -1.04. The molecule has 126 valence electrons. The molecule has 2 aromatic carbocycles. The van der Waals surface area contributed by atoms with Gasteiger partial charge in [-0.3, -0.25) is 4.79 Å². The van der Waals surface area contributed by atoms with Gasteiger partial charge in [0.1, 0.15) is 5.82 Å². The molecule has 3 N–H and O–H groups in total. The van der Waals surface area contributed by atoms with E-state index in [9.17, 15) is 14.0 Å². The van der Waals surface area contributed by atoms with Crippen molar-refractivity contribution in [2.45, 2.75) is 6.54 Å². The van der Waals surface area contributed by atoms with Gasteiger partial charge in [-0.15, -0.1) is 0 Å². The third-order valence-electron chi connectivity index (χ3n) is 2.95. The van der Waals surface area contributed by atoms with Gasteiger partial charge in [-0.25, -0.2) is 9.18 Å². The van der Waals surface area contributed by atoms with Crippen molar-refractivity contribution in [3.05, 3.63) is 63.9 Å². The summed E-state index contributed by atoms with van der Waals surface area (Å²) < 4.78 is 13.0. The van der Waals surface area contributed by atoms with Crippen LogP contribution in [0.2, 0.25) is 10.0 Å². The zero-order valence-corrected chi connectivity index (χ0v) is 13.9. The molecule has 2 aromatic rings. The van der Waals surface area contributed by atoms with Crippen LogP contribution in [-0.2, 0) is 11.3 Å². The zero-order chi connectivity index (χ0) is 17.5. The van der Waals surface area contributed by atoms with Crippen LogP contribution in [0.25, 0.3) is 0 Å². The maximum absolute atomic E-state index is 13.0. The summed E-state index contributed by atoms with van der Waals surface area (Å²) in [6.07, 6.45) is 0. The van der Waals surface area contributed by atoms with Crippen molar-refractivity contribution in [3.63, 3.8) is 0 Å². The first-order chi connectivity index (χ1) is 11.4. The van der Waals surface area contributed by atoms with E-state index in [1.165, 1.54) is 12.1 Å². The number of nitrogens with one attached hydrogen (secondary N) is 3. The van der Waals surface area contributed by atoms with Crippen LogP contribution < -0.4 is 16.0 Å². The van der Waals surface area contributed by atoms with Gasteiger partial charge in [0.05, 0.1) is 11.6 Å². The molecular formula is C16H14Cl2FN3O2. The fourth-order valence-electron chi connectivity index (χ4n) is 1.83. The minimum atomic E-state index is -0.576. The molecule has 0 aliphatic carbocycles. The van der Waals surface area contributed by atoms with Crippen LogP contribution in [0.1, 0.15) is 5.56 Å². The normalized spacial score (nSPS) is 10.1. The smallest absolute Gasteiger partial charge is 0.315 e. The Morgan fingerprint density at radius 1 is 1.04 bits per heavy atom. The molecule has 0 saturated heterocycles. The molecule has 0 radical (unpaired) electrons. The Bertz CT molecular complexity index is 756. The summed E-state index contributed by atoms with van der Waals surface area (Å²) in [5.41, 5.74) is 1.18. The highest BCUT2D eigenvalue weighted by Crippen LogP contribution is 2.19. The summed E-state index contributed by atoms with van der Waals surface area (Å²) in [7, 11) is 0. The topological polar surface area (TPSA) is 70.2 Å². The van der Waals surface area contributed by atoms with Crippen LogP contribution in [0.3, 0.4) is 0 Å². The standard InChI is InChI=1S/C16H14Cl2FN3O2/c17-11-3-1-2-10(6-11)8-20-16(24)21-9-15(23)22-12-4-5-14(19)13(18)7-12/h1-7H,8-9H2,(H,22,23)(H2,20,21,24). The Kier molecular flexibility index (Phi) is 6.40. The number of carbonyl (C=O) groups is 2. The number of hydrogen-bond acceptors (Lipinski definition) is 2. The molecule has 0 aromatic heterocycles. The highest BCUT2D eigenvalue weighted by molar-refractivity contribution is 6.31. The first-order valence-corrected chi connectivity index (χ1v) is 7.70. The molecule has 3 amide bonds. The summed E-state index contributed by atoms with van der Waals surface area (Å²) >= 11 is 11.5. The van der Waals surface area contributed by atoms with E-state index in [-0.39, 0.29) is 18.1 Å². The van der Waals surface area contributed by atoms with Crippen LogP contribution >= 0.6 is 23.2 Å². The van der Waals surface area contributed by atoms with Gasteiger partial charge >= 0.3 is 6.03 Å². The largest absolute Gasteiger partial charge is 0.334 e. The second-order valence-electron chi connectivity index (χ2n) is 4.84. The van der Waals surface area contributed by atoms with E-state index in [1.54, 1.807) is 18.2 Å². The molecule has 0 aliphatic heterocycles. The number of urea groups is 1. The highest BCUT2D eigenvalue weighted by atomic mass is 35.5. The lowest BCUT2D eigenvalue weighted by molar-refractivity contribution is -0.115. The van der Waals surface area contributed by atoms with Crippen molar-refractivity contribution in [2.75, 3.05) is 11.9 Å². The lowest BCUT2D eigenvalue weighted by Gasteiger charge is -2.09. The van der Waals surface area contributed by atoms with Gasteiger partial charge in [-0.2, -0.15) is 0 Å². The minimum absolute atomic E-state index is 0.0972. The van der Waals surface area contributed by atoms with Crippen molar-refractivity contribution in [2.24, 2.45) is 0 Å². The van der Waals surface area contributed by atoms with E-state index in [1.807, 2.05) is 6.07 Å². The van der Waals surface area contributed by atoms with E-state index in [4.69, 9.17) is 23.2 Å². The monoisotopic (exact) mass is 369 g/mol. The SMILES string of the molecule is O=C(CNC(=O)NCc1cccc(Cl)c1)Nc1ccc(F)c(Cl)c1. The number of anilines is 1. The number of benzene rings is 2. The fraction of sp³-hybridized carbons (Fsp3) is 0.125. The van der Waals surface area contributed by atoms with Crippen LogP contribution in [0, 0.1) is 5.82 Å². The molecule has 0 bridgehead atoms. The Morgan fingerprint density at radius 3 is 2.54 bits per heavy atom. The van der Waals surface area contributed by atoms with Gasteiger partial charge in [-0.1, -0.05) is 35.3 Å². The minimum Gasteiger partial charge on any atom is -0.334 e. The molecule has 8 heteroatoms. The van der Waals surface area contributed by atoms with E-state index in [0.29, 0.717) is 10.7 Å². The van der Waals surface area contributed by atoms with Gasteiger partial charge < -0.3 is 16.0 Å². The Balaban J connectivity index is 1.74. The van der Waals surface area contributed by atoms with E-state index in [0.717, 1.165) is 11.6 Å². The first kappa shape index (κ1) is 18.0. The molecular weight excluding hydrogens is 356 g/mol. The van der Waals surface area contributed by atoms with Crippen molar-refractivity contribution in [3.8, 4) is 0 Å². The van der Waals surface area contributed by atoms with Crippen LogP contribution in [0.4, 0.5) is 14.9 Å². The van der Waals surface area contributed by atoms with Gasteiger partial charge in [0, 0.05) is 17.3 Å². The quantitative estimate of drug-likeness (QED) is 0.753. The second-order valence-corrected chi connectivity index (χ2v) is 5.69. The van der Waals surface area contributed by atoms with Gasteiger partial charge in [-0.05, 0) is 35.9 Å². The summed E-state index contributed by atoms with van der Waals surface area (Å²) in [5, 5.41) is 7.99. The molecule has 2 rings (SSSR count). The number of carbonyl (C=O) groups excluding carboxylic acids is 2. The van der Waals surface area contributed by atoms with E-state index in [2.05, 4.69) is 16.0 Å². The fourth-order valence-corrected chi connectivity index (χ4v) is 2.22. The third-order valence-corrected chi connectivity index (χ3v) is 3.48. The van der Waals surface area contributed by atoms with Crippen molar-refractivity contribution < 1.29 is 14.0 Å². The number of amides is 3. The summed E-state index contributed by atoms with van der Waals surface area (Å²) in [6.45, 7) is 0.0396. The Morgan fingerprint density at radius 2 is 1.83 bits per heavy atom. The van der Waals surface area contributed by atoms with Gasteiger partial charge in [0.15, 0.2) is 0 Å². The molecule has 0 spiro atoms. The lowest BCUT2D eigenvalue weighted by atomic mass is 10.2. The molecule has 0 unspecified atom stereocenters. The van der Waals surface area contributed by atoms with E-state index >= 15 is 0 Å². The van der Waals surface area contributed by atoms with Gasteiger partial charge in [0.25, 0.3) is 0 Å². The average Bonchev–Trinajstić information content (AvgIpc) is 2.54. The third kappa shape index (κ3) is 5.72. The van der Waals surface area contributed by atoms with Gasteiger partial charge in [0.2, 0.25) is 5.91 Å². The predicted octanol–water partition coefficient (Wildman–Crippen LogP) is 3.57. The van der Waals surface area contributed by atoms with Crippen LogP contribution in [0.5, 0.6) is 0 Å². The number of halogens is 3. The summed E-state index contributed by atoms with van der Waals surface area (Å²) in [4.78, 5) is 23.4. The van der Waals surface area contributed by atoms with Crippen molar-refractivity contribution in [1.29, 1.82) is 0 Å². The second kappa shape index (κ2) is 8.52. The molecule has 24 heavy (non-hydrogen) atoms. The van der Waals surface area contributed by atoms with Crippen LogP contribution in [0.15, 0.2) is 42.5 Å².